The molecular formula is C17H28O3. The van der Waals surface area contributed by atoms with Gasteiger partial charge in [-0.3, -0.25) is 0 Å². The minimum Gasteiger partial charge on any atom is -0.493 e. The van der Waals surface area contributed by atoms with E-state index < -0.39 is 0 Å². The molecule has 1 unspecified atom stereocenters. The van der Waals surface area contributed by atoms with Crippen LogP contribution in [0.2, 0.25) is 0 Å². The lowest BCUT2D eigenvalue weighted by atomic mass is 9.99. The van der Waals surface area contributed by atoms with E-state index in [4.69, 9.17) is 14.2 Å². The molecule has 3 heteroatoms. The summed E-state index contributed by atoms with van der Waals surface area (Å²) in [6.07, 6.45) is 1.74. The van der Waals surface area contributed by atoms with Crippen LogP contribution in [0.5, 0.6) is 5.75 Å². The molecule has 0 N–H and O–H groups in total. The highest BCUT2D eigenvalue weighted by Gasteiger charge is 2.08. The van der Waals surface area contributed by atoms with Gasteiger partial charge in [0.15, 0.2) is 6.29 Å². The molecule has 0 radical (unpaired) electrons. The lowest BCUT2D eigenvalue weighted by Gasteiger charge is -2.17. The molecule has 0 saturated carbocycles. The molecule has 0 heterocycles. The summed E-state index contributed by atoms with van der Waals surface area (Å²) in [5, 5.41) is 0. The molecule has 0 amide bonds. The zero-order valence-electron chi connectivity index (χ0n) is 13.2. The standard InChI is InChI=1S/C17H28O3/c1-5-14(4)15-8-10-16(11-9-15)20-13-12-17(18-6-2)19-7-3/h8-11,14,17H,5-7,12-13H2,1-4H3. The van der Waals surface area contributed by atoms with E-state index in [-0.39, 0.29) is 6.29 Å². The molecule has 0 aromatic heterocycles. The highest BCUT2D eigenvalue weighted by Crippen LogP contribution is 2.21. The van der Waals surface area contributed by atoms with E-state index in [1.165, 1.54) is 5.56 Å². The molecule has 0 saturated heterocycles. The van der Waals surface area contributed by atoms with E-state index >= 15 is 0 Å². The van der Waals surface area contributed by atoms with Gasteiger partial charge < -0.3 is 14.2 Å². The number of ether oxygens (including phenoxy) is 3. The smallest absolute Gasteiger partial charge is 0.160 e. The topological polar surface area (TPSA) is 27.7 Å². The third-order valence-electron chi connectivity index (χ3n) is 3.39. The van der Waals surface area contributed by atoms with Crippen LogP contribution in [0.4, 0.5) is 0 Å². The largest absolute Gasteiger partial charge is 0.493 e. The summed E-state index contributed by atoms with van der Waals surface area (Å²) >= 11 is 0. The van der Waals surface area contributed by atoms with Crippen molar-refractivity contribution in [3.8, 4) is 5.75 Å². The number of benzene rings is 1. The molecule has 0 aliphatic carbocycles. The van der Waals surface area contributed by atoms with Crippen LogP contribution >= 0.6 is 0 Å². The van der Waals surface area contributed by atoms with Gasteiger partial charge in [0, 0.05) is 19.6 Å². The molecule has 1 atom stereocenters. The van der Waals surface area contributed by atoms with Gasteiger partial charge >= 0.3 is 0 Å². The second-order valence-electron chi connectivity index (χ2n) is 4.86. The van der Waals surface area contributed by atoms with E-state index in [9.17, 15) is 0 Å². The highest BCUT2D eigenvalue weighted by molar-refractivity contribution is 5.29. The molecular weight excluding hydrogens is 252 g/mol. The minimum atomic E-state index is -0.163. The number of rotatable bonds is 10. The lowest BCUT2D eigenvalue weighted by molar-refractivity contribution is -0.142. The predicted molar refractivity (Wildman–Crippen MR) is 82.3 cm³/mol. The van der Waals surface area contributed by atoms with Crippen LogP contribution < -0.4 is 4.74 Å². The molecule has 0 aliphatic rings. The maximum atomic E-state index is 5.74. The van der Waals surface area contributed by atoms with Gasteiger partial charge in [-0.1, -0.05) is 26.0 Å². The van der Waals surface area contributed by atoms with Crippen molar-refractivity contribution in [1.82, 2.24) is 0 Å². The molecule has 3 nitrogen and oxygen atoms in total. The van der Waals surface area contributed by atoms with Crippen molar-refractivity contribution < 1.29 is 14.2 Å². The van der Waals surface area contributed by atoms with Gasteiger partial charge in [-0.15, -0.1) is 0 Å². The molecule has 114 valence electrons. The molecule has 20 heavy (non-hydrogen) atoms. The number of hydrogen-bond acceptors (Lipinski definition) is 3. The Morgan fingerprint density at radius 1 is 0.950 bits per heavy atom. The monoisotopic (exact) mass is 280 g/mol. The summed E-state index contributed by atoms with van der Waals surface area (Å²) in [4.78, 5) is 0. The van der Waals surface area contributed by atoms with Crippen LogP contribution in [0.3, 0.4) is 0 Å². The average Bonchev–Trinajstić information content (AvgIpc) is 2.47. The zero-order chi connectivity index (χ0) is 14.8. The first-order chi connectivity index (χ1) is 9.71. The summed E-state index contributed by atoms with van der Waals surface area (Å²) in [6.45, 7) is 10.3. The van der Waals surface area contributed by atoms with Gasteiger partial charge in [-0.05, 0) is 43.9 Å². The average molecular weight is 280 g/mol. The third kappa shape index (κ3) is 5.93. The van der Waals surface area contributed by atoms with Crippen molar-refractivity contribution in [3.05, 3.63) is 29.8 Å². The SMILES string of the molecule is CCOC(CCOc1ccc(C(C)CC)cc1)OCC. The van der Waals surface area contributed by atoms with Crippen LogP contribution in [0.25, 0.3) is 0 Å². The summed E-state index contributed by atoms with van der Waals surface area (Å²) in [5.74, 6) is 1.51. The maximum absolute atomic E-state index is 5.74. The fourth-order valence-corrected chi connectivity index (χ4v) is 1.99. The highest BCUT2D eigenvalue weighted by atomic mass is 16.7. The molecule has 1 aromatic carbocycles. The normalized spacial score (nSPS) is 12.7. The first kappa shape index (κ1) is 17.0. The van der Waals surface area contributed by atoms with Crippen molar-refractivity contribution in [2.45, 2.75) is 52.7 Å². The Morgan fingerprint density at radius 2 is 1.55 bits per heavy atom. The van der Waals surface area contributed by atoms with E-state index in [0.29, 0.717) is 25.7 Å². The van der Waals surface area contributed by atoms with Crippen LogP contribution in [-0.4, -0.2) is 26.1 Å². The van der Waals surface area contributed by atoms with Crippen LogP contribution in [-0.2, 0) is 9.47 Å². The predicted octanol–water partition coefficient (Wildman–Crippen LogP) is 4.37. The Morgan fingerprint density at radius 3 is 2.05 bits per heavy atom. The molecule has 1 aromatic rings. The molecule has 0 aliphatic heterocycles. The first-order valence-corrected chi connectivity index (χ1v) is 7.67. The lowest BCUT2D eigenvalue weighted by Crippen LogP contribution is -2.20. The first-order valence-electron chi connectivity index (χ1n) is 7.67. The van der Waals surface area contributed by atoms with Gasteiger partial charge in [0.05, 0.1) is 6.61 Å². The maximum Gasteiger partial charge on any atom is 0.160 e. The van der Waals surface area contributed by atoms with E-state index in [1.54, 1.807) is 0 Å². The zero-order valence-corrected chi connectivity index (χ0v) is 13.2. The van der Waals surface area contributed by atoms with Crippen LogP contribution in [0.15, 0.2) is 24.3 Å². The van der Waals surface area contributed by atoms with E-state index in [0.717, 1.165) is 18.6 Å². The van der Waals surface area contributed by atoms with E-state index in [2.05, 4.69) is 26.0 Å². The summed E-state index contributed by atoms with van der Waals surface area (Å²) < 4.78 is 16.7. The van der Waals surface area contributed by atoms with E-state index in [1.807, 2.05) is 26.0 Å². The van der Waals surface area contributed by atoms with Gasteiger partial charge in [0.25, 0.3) is 0 Å². The molecule has 0 fully saturated rings. The van der Waals surface area contributed by atoms with Crippen molar-refractivity contribution >= 4 is 0 Å². The minimum absolute atomic E-state index is 0.163. The van der Waals surface area contributed by atoms with Gasteiger partial charge in [-0.2, -0.15) is 0 Å². The molecule has 0 bridgehead atoms. The van der Waals surface area contributed by atoms with Crippen LogP contribution in [0.1, 0.15) is 52.0 Å². The Labute approximate surface area is 123 Å². The third-order valence-corrected chi connectivity index (χ3v) is 3.39. The van der Waals surface area contributed by atoms with Crippen molar-refractivity contribution in [2.24, 2.45) is 0 Å². The van der Waals surface area contributed by atoms with Crippen molar-refractivity contribution in [1.29, 1.82) is 0 Å². The van der Waals surface area contributed by atoms with Crippen LogP contribution in [0, 0.1) is 0 Å². The Kier molecular flexibility index (Phi) is 8.31. The van der Waals surface area contributed by atoms with Crippen molar-refractivity contribution in [2.75, 3.05) is 19.8 Å². The quantitative estimate of drug-likeness (QED) is 0.596. The second kappa shape index (κ2) is 9.78. The van der Waals surface area contributed by atoms with Crippen molar-refractivity contribution in [3.63, 3.8) is 0 Å². The summed E-state index contributed by atoms with van der Waals surface area (Å²) in [5.41, 5.74) is 1.36. The van der Waals surface area contributed by atoms with Gasteiger partial charge in [-0.25, -0.2) is 0 Å². The Bertz CT molecular complexity index is 342. The van der Waals surface area contributed by atoms with Gasteiger partial charge in [0.1, 0.15) is 5.75 Å². The summed E-state index contributed by atoms with van der Waals surface area (Å²) in [7, 11) is 0. The molecule has 0 spiro atoms. The van der Waals surface area contributed by atoms with Gasteiger partial charge in [0.2, 0.25) is 0 Å². The number of hydrogen-bond donors (Lipinski definition) is 0. The Balaban J connectivity index is 2.37. The summed E-state index contributed by atoms with van der Waals surface area (Å²) in [6, 6.07) is 8.37. The Hall–Kier alpha value is -1.06. The molecule has 1 rings (SSSR count). The second-order valence-corrected chi connectivity index (χ2v) is 4.86. The fourth-order valence-electron chi connectivity index (χ4n) is 1.99. The fraction of sp³-hybridized carbons (Fsp3) is 0.647.